The van der Waals surface area contributed by atoms with E-state index in [1.807, 2.05) is 24.3 Å². The SMILES string of the molecule is O=C(CCNc1ccc(Br)cc1)Nc1ccc(F)c(Cl)c1. The van der Waals surface area contributed by atoms with Crippen LogP contribution in [-0.2, 0) is 4.79 Å². The zero-order valence-electron chi connectivity index (χ0n) is 11.0. The standard InChI is InChI=1S/C15H13BrClFN2O/c16-10-1-3-11(4-2-10)19-8-7-15(21)20-12-5-6-14(18)13(17)9-12/h1-6,9,19H,7-8H2,(H,20,21). The van der Waals surface area contributed by atoms with E-state index >= 15 is 0 Å². The first-order chi connectivity index (χ1) is 10.0. The quantitative estimate of drug-likeness (QED) is 0.801. The molecule has 0 bridgehead atoms. The summed E-state index contributed by atoms with van der Waals surface area (Å²) in [5, 5.41) is 5.80. The number of benzene rings is 2. The fraction of sp³-hybridized carbons (Fsp3) is 0.133. The first kappa shape index (κ1) is 15.8. The zero-order valence-corrected chi connectivity index (χ0v) is 13.3. The Balaban J connectivity index is 1.79. The minimum atomic E-state index is -0.508. The second-order valence-corrected chi connectivity index (χ2v) is 5.68. The van der Waals surface area contributed by atoms with E-state index in [4.69, 9.17) is 11.6 Å². The van der Waals surface area contributed by atoms with Crippen molar-refractivity contribution in [3.63, 3.8) is 0 Å². The van der Waals surface area contributed by atoms with Crippen LogP contribution < -0.4 is 10.6 Å². The number of rotatable bonds is 5. The Kier molecular flexibility index (Phi) is 5.59. The van der Waals surface area contributed by atoms with Crippen LogP contribution in [-0.4, -0.2) is 12.5 Å². The molecular weight excluding hydrogens is 359 g/mol. The molecule has 1 amide bonds. The number of hydrogen-bond donors (Lipinski definition) is 2. The monoisotopic (exact) mass is 370 g/mol. The van der Waals surface area contributed by atoms with Gasteiger partial charge in [0.15, 0.2) is 0 Å². The highest BCUT2D eigenvalue weighted by Gasteiger charge is 2.05. The molecule has 0 fully saturated rings. The van der Waals surface area contributed by atoms with Gasteiger partial charge in [0.1, 0.15) is 5.82 Å². The molecule has 110 valence electrons. The van der Waals surface area contributed by atoms with Crippen LogP contribution in [0.4, 0.5) is 15.8 Å². The average molecular weight is 372 g/mol. The van der Waals surface area contributed by atoms with Crippen molar-refractivity contribution in [3.05, 3.63) is 57.8 Å². The number of hydrogen-bond acceptors (Lipinski definition) is 2. The lowest BCUT2D eigenvalue weighted by Crippen LogP contribution is -2.16. The van der Waals surface area contributed by atoms with Crippen LogP contribution in [0, 0.1) is 5.82 Å². The van der Waals surface area contributed by atoms with Gasteiger partial charge in [-0.15, -0.1) is 0 Å². The van der Waals surface area contributed by atoms with Gasteiger partial charge in [-0.2, -0.15) is 0 Å². The molecule has 2 aromatic carbocycles. The van der Waals surface area contributed by atoms with Crippen molar-refractivity contribution in [3.8, 4) is 0 Å². The van der Waals surface area contributed by atoms with Gasteiger partial charge in [-0.1, -0.05) is 27.5 Å². The summed E-state index contributed by atoms with van der Waals surface area (Å²) in [6.07, 6.45) is 0.297. The maximum Gasteiger partial charge on any atom is 0.226 e. The smallest absolute Gasteiger partial charge is 0.226 e. The first-order valence-corrected chi connectivity index (χ1v) is 7.46. The molecule has 0 saturated carbocycles. The molecule has 0 aromatic heterocycles. The Morgan fingerprint density at radius 1 is 1.14 bits per heavy atom. The minimum Gasteiger partial charge on any atom is -0.385 e. The molecule has 6 heteroatoms. The van der Waals surface area contributed by atoms with E-state index in [9.17, 15) is 9.18 Å². The van der Waals surface area contributed by atoms with Crippen LogP contribution in [0.3, 0.4) is 0 Å². The third kappa shape index (κ3) is 5.02. The maximum absolute atomic E-state index is 13.0. The van der Waals surface area contributed by atoms with Crippen LogP contribution >= 0.6 is 27.5 Å². The molecule has 0 saturated heterocycles. The Bertz CT molecular complexity index is 634. The topological polar surface area (TPSA) is 41.1 Å². The van der Waals surface area contributed by atoms with Gasteiger partial charge in [-0.25, -0.2) is 4.39 Å². The molecule has 0 aliphatic heterocycles. The molecule has 0 atom stereocenters. The number of halogens is 3. The van der Waals surface area contributed by atoms with Crippen LogP contribution in [0.1, 0.15) is 6.42 Å². The summed E-state index contributed by atoms with van der Waals surface area (Å²) < 4.78 is 14.0. The molecule has 2 aromatic rings. The Morgan fingerprint density at radius 3 is 2.48 bits per heavy atom. The van der Waals surface area contributed by atoms with E-state index in [0.29, 0.717) is 18.7 Å². The molecule has 0 spiro atoms. The van der Waals surface area contributed by atoms with Gasteiger partial charge in [-0.3, -0.25) is 4.79 Å². The summed E-state index contributed by atoms with van der Waals surface area (Å²) in [5.41, 5.74) is 1.42. The van der Waals surface area contributed by atoms with E-state index < -0.39 is 5.82 Å². The number of carbonyl (C=O) groups excluding carboxylic acids is 1. The predicted octanol–water partition coefficient (Wildman–Crippen LogP) is 4.68. The van der Waals surface area contributed by atoms with Crippen molar-refractivity contribution in [1.82, 2.24) is 0 Å². The van der Waals surface area contributed by atoms with Gasteiger partial charge in [0.05, 0.1) is 5.02 Å². The summed E-state index contributed by atoms with van der Waals surface area (Å²) in [5.74, 6) is -0.672. The van der Waals surface area contributed by atoms with E-state index in [0.717, 1.165) is 10.2 Å². The molecule has 0 aliphatic rings. The van der Waals surface area contributed by atoms with E-state index in [1.165, 1.54) is 18.2 Å². The molecule has 3 nitrogen and oxygen atoms in total. The van der Waals surface area contributed by atoms with Crippen molar-refractivity contribution >= 4 is 44.8 Å². The zero-order chi connectivity index (χ0) is 15.2. The summed E-state index contributed by atoms with van der Waals surface area (Å²) >= 11 is 9.01. The average Bonchev–Trinajstić information content (AvgIpc) is 2.45. The van der Waals surface area contributed by atoms with Crippen molar-refractivity contribution in [2.45, 2.75) is 6.42 Å². The lowest BCUT2D eigenvalue weighted by molar-refractivity contribution is -0.115. The Labute approximate surface area is 135 Å². The fourth-order valence-corrected chi connectivity index (χ4v) is 2.13. The first-order valence-electron chi connectivity index (χ1n) is 6.29. The molecule has 0 unspecified atom stereocenters. The molecule has 0 heterocycles. The van der Waals surface area contributed by atoms with Crippen LogP contribution in [0.2, 0.25) is 5.02 Å². The van der Waals surface area contributed by atoms with Gasteiger partial charge in [0, 0.05) is 28.8 Å². The molecule has 0 radical (unpaired) electrons. The Hall–Kier alpha value is -1.59. The van der Waals surface area contributed by atoms with Gasteiger partial charge in [-0.05, 0) is 42.5 Å². The van der Waals surface area contributed by atoms with E-state index in [-0.39, 0.29) is 10.9 Å². The third-order valence-electron chi connectivity index (χ3n) is 2.73. The van der Waals surface area contributed by atoms with Crippen LogP contribution in [0.25, 0.3) is 0 Å². The Morgan fingerprint density at radius 2 is 1.81 bits per heavy atom. The van der Waals surface area contributed by atoms with Gasteiger partial charge >= 0.3 is 0 Å². The fourth-order valence-electron chi connectivity index (χ4n) is 1.69. The van der Waals surface area contributed by atoms with Crippen molar-refractivity contribution in [2.75, 3.05) is 17.2 Å². The highest BCUT2D eigenvalue weighted by molar-refractivity contribution is 9.10. The third-order valence-corrected chi connectivity index (χ3v) is 3.55. The van der Waals surface area contributed by atoms with E-state index in [2.05, 4.69) is 26.6 Å². The second kappa shape index (κ2) is 7.43. The highest BCUT2D eigenvalue weighted by Crippen LogP contribution is 2.19. The van der Waals surface area contributed by atoms with Gasteiger partial charge in [0.2, 0.25) is 5.91 Å². The molecule has 21 heavy (non-hydrogen) atoms. The number of nitrogens with one attached hydrogen (secondary N) is 2. The van der Waals surface area contributed by atoms with Crippen molar-refractivity contribution < 1.29 is 9.18 Å². The molecular formula is C15H13BrClFN2O. The van der Waals surface area contributed by atoms with Gasteiger partial charge < -0.3 is 10.6 Å². The largest absolute Gasteiger partial charge is 0.385 e. The number of carbonyl (C=O) groups is 1. The summed E-state index contributed by atoms with van der Waals surface area (Å²) in [7, 11) is 0. The van der Waals surface area contributed by atoms with Gasteiger partial charge in [0.25, 0.3) is 0 Å². The second-order valence-electron chi connectivity index (χ2n) is 4.36. The summed E-state index contributed by atoms with van der Waals surface area (Å²) in [6, 6.07) is 11.8. The lowest BCUT2D eigenvalue weighted by Gasteiger charge is -2.08. The highest BCUT2D eigenvalue weighted by atomic mass is 79.9. The number of amides is 1. The predicted molar refractivity (Wildman–Crippen MR) is 87.3 cm³/mol. The summed E-state index contributed by atoms with van der Waals surface area (Å²) in [6.45, 7) is 0.502. The molecule has 2 rings (SSSR count). The minimum absolute atomic E-state index is 0.0132. The normalized spacial score (nSPS) is 10.2. The number of anilines is 2. The van der Waals surface area contributed by atoms with Crippen molar-refractivity contribution in [2.24, 2.45) is 0 Å². The van der Waals surface area contributed by atoms with Crippen LogP contribution in [0.5, 0.6) is 0 Å². The summed E-state index contributed by atoms with van der Waals surface area (Å²) in [4.78, 5) is 11.8. The maximum atomic E-state index is 13.0. The molecule has 0 aliphatic carbocycles. The lowest BCUT2D eigenvalue weighted by atomic mass is 10.3. The molecule has 2 N–H and O–H groups in total. The van der Waals surface area contributed by atoms with E-state index in [1.54, 1.807) is 0 Å². The van der Waals surface area contributed by atoms with Crippen LogP contribution in [0.15, 0.2) is 46.9 Å². The van der Waals surface area contributed by atoms with Crippen molar-refractivity contribution in [1.29, 1.82) is 0 Å².